The van der Waals surface area contributed by atoms with Crippen LogP contribution in [0.5, 0.6) is 0 Å². The van der Waals surface area contributed by atoms with Gasteiger partial charge in [0, 0.05) is 13.2 Å². The van der Waals surface area contributed by atoms with Crippen molar-refractivity contribution < 1.29 is 13.2 Å². The van der Waals surface area contributed by atoms with E-state index in [1.807, 2.05) is 0 Å². The van der Waals surface area contributed by atoms with Crippen molar-refractivity contribution in [2.24, 2.45) is 7.05 Å². The largest absolute Gasteiger partial charge is 0.408 e. The summed E-state index contributed by atoms with van der Waals surface area (Å²) in [5, 5.41) is 9.92. The van der Waals surface area contributed by atoms with E-state index in [9.17, 15) is 18.0 Å². The number of nitrogens with zero attached hydrogens (tertiary/aromatic N) is 4. The molecule has 0 bridgehead atoms. The Labute approximate surface area is 122 Å². The van der Waals surface area contributed by atoms with Crippen LogP contribution in [-0.4, -0.2) is 25.7 Å². The van der Waals surface area contributed by atoms with Gasteiger partial charge in [0.05, 0.1) is 24.1 Å². The van der Waals surface area contributed by atoms with Gasteiger partial charge >= 0.3 is 6.18 Å². The SMILES string of the molecule is Cn1nccc1CNc1cnn(CC(F)(F)F)c(=O)c1Cl. The minimum absolute atomic E-state index is 0.168. The van der Waals surface area contributed by atoms with E-state index in [0.717, 1.165) is 11.9 Å². The summed E-state index contributed by atoms with van der Waals surface area (Å²) in [5.74, 6) is 0. The van der Waals surface area contributed by atoms with Gasteiger partial charge in [-0.1, -0.05) is 11.6 Å². The molecule has 0 amide bonds. The van der Waals surface area contributed by atoms with Crippen LogP contribution in [0.15, 0.2) is 23.3 Å². The highest BCUT2D eigenvalue weighted by Gasteiger charge is 2.29. The Morgan fingerprint density at radius 3 is 2.67 bits per heavy atom. The Balaban J connectivity index is 2.17. The van der Waals surface area contributed by atoms with E-state index < -0.39 is 18.3 Å². The molecule has 0 spiro atoms. The third-order valence-corrected chi connectivity index (χ3v) is 3.06. The highest BCUT2D eigenvalue weighted by Crippen LogP contribution is 2.19. The van der Waals surface area contributed by atoms with Gasteiger partial charge in [0.1, 0.15) is 11.6 Å². The van der Waals surface area contributed by atoms with E-state index in [0.29, 0.717) is 6.54 Å². The van der Waals surface area contributed by atoms with Gasteiger partial charge in [-0.3, -0.25) is 9.48 Å². The summed E-state index contributed by atoms with van der Waals surface area (Å²) in [6.07, 6.45) is -1.85. The zero-order valence-corrected chi connectivity index (χ0v) is 11.6. The van der Waals surface area contributed by atoms with E-state index in [1.54, 1.807) is 24.0 Å². The summed E-state index contributed by atoms with van der Waals surface area (Å²) in [6, 6.07) is 1.75. The molecule has 2 aromatic rings. The number of aryl methyl sites for hydroxylation is 1. The molecule has 0 atom stereocenters. The molecule has 2 heterocycles. The topological polar surface area (TPSA) is 64.7 Å². The van der Waals surface area contributed by atoms with Gasteiger partial charge in [-0.25, -0.2) is 4.68 Å². The van der Waals surface area contributed by atoms with Gasteiger partial charge in [0.25, 0.3) is 5.56 Å². The lowest BCUT2D eigenvalue weighted by atomic mass is 10.4. The maximum atomic E-state index is 12.3. The molecule has 1 N–H and O–H groups in total. The monoisotopic (exact) mass is 321 g/mol. The molecule has 0 aliphatic carbocycles. The number of hydrogen-bond donors (Lipinski definition) is 1. The number of aromatic nitrogens is 4. The number of halogens is 4. The second-order valence-corrected chi connectivity index (χ2v) is 4.63. The van der Waals surface area contributed by atoms with E-state index in [2.05, 4.69) is 15.5 Å². The normalized spacial score (nSPS) is 11.7. The van der Waals surface area contributed by atoms with Gasteiger partial charge in [-0.2, -0.15) is 23.4 Å². The van der Waals surface area contributed by atoms with Crippen LogP contribution in [0.25, 0.3) is 0 Å². The number of nitrogens with one attached hydrogen (secondary N) is 1. The molecule has 0 saturated heterocycles. The lowest BCUT2D eigenvalue weighted by molar-refractivity contribution is -0.143. The Morgan fingerprint density at radius 1 is 1.38 bits per heavy atom. The standard InChI is InChI=1S/C11H11ClF3N5O/c1-19-7(2-3-17-19)4-16-8-5-18-20(6-11(13,14)15)10(21)9(8)12/h2-3,5,16H,4,6H2,1H3. The summed E-state index contributed by atoms with van der Waals surface area (Å²) in [7, 11) is 1.73. The van der Waals surface area contributed by atoms with Crippen LogP contribution in [-0.2, 0) is 20.1 Å². The van der Waals surface area contributed by atoms with Gasteiger partial charge in [-0.15, -0.1) is 0 Å². The fraction of sp³-hybridized carbons (Fsp3) is 0.364. The van der Waals surface area contributed by atoms with Crippen molar-refractivity contribution in [1.29, 1.82) is 0 Å². The molecule has 0 aromatic carbocycles. The second kappa shape index (κ2) is 5.76. The number of hydrogen-bond acceptors (Lipinski definition) is 4. The van der Waals surface area contributed by atoms with Crippen molar-refractivity contribution in [3.63, 3.8) is 0 Å². The average molecular weight is 322 g/mol. The predicted molar refractivity (Wildman–Crippen MR) is 70.1 cm³/mol. The molecule has 0 unspecified atom stereocenters. The van der Waals surface area contributed by atoms with Crippen molar-refractivity contribution >= 4 is 17.3 Å². The van der Waals surface area contributed by atoms with E-state index in [-0.39, 0.29) is 15.4 Å². The van der Waals surface area contributed by atoms with Crippen molar-refractivity contribution in [2.75, 3.05) is 5.32 Å². The fourth-order valence-corrected chi connectivity index (χ4v) is 1.84. The Morgan fingerprint density at radius 2 is 2.10 bits per heavy atom. The van der Waals surface area contributed by atoms with Gasteiger partial charge in [0.2, 0.25) is 0 Å². The van der Waals surface area contributed by atoms with Crippen molar-refractivity contribution in [3.05, 3.63) is 39.5 Å². The van der Waals surface area contributed by atoms with Crippen LogP contribution in [0.3, 0.4) is 0 Å². The molecule has 0 fully saturated rings. The maximum Gasteiger partial charge on any atom is 0.408 e. The molecule has 2 rings (SSSR count). The molecule has 10 heteroatoms. The molecular formula is C11H11ClF3N5O. The Kier molecular flexibility index (Phi) is 4.21. The predicted octanol–water partition coefficient (Wildman–Crippen LogP) is 1.80. The average Bonchev–Trinajstić information content (AvgIpc) is 2.78. The minimum atomic E-state index is -4.54. The lowest BCUT2D eigenvalue weighted by Crippen LogP contribution is -2.30. The van der Waals surface area contributed by atoms with Crippen LogP contribution < -0.4 is 10.9 Å². The molecule has 0 aliphatic rings. The van der Waals surface area contributed by atoms with Crippen molar-refractivity contribution in [1.82, 2.24) is 19.6 Å². The molecule has 2 aromatic heterocycles. The summed E-state index contributed by atoms with van der Waals surface area (Å²) in [6.45, 7) is -1.17. The molecule has 0 saturated carbocycles. The van der Waals surface area contributed by atoms with Crippen molar-refractivity contribution in [3.8, 4) is 0 Å². The lowest BCUT2D eigenvalue weighted by Gasteiger charge is -2.11. The van der Waals surface area contributed by atoms with Crippen molar-refractivity contribution in [2.45, 2.75) is 19.3 Å². The first-order valence-electron chi connectivity index (χ1n) is 5.81. The van der Waals surface area contributed by atoms with Crippen LogP contribution in [0.1, 0.15) is 5.69 Å². The summed E-state index contributed by atoms with van der Waals surface area (Å²) >= 11 is 5.78. The Bertz CT molecular complexity index is 694. The van der Waals surface area contributed by atoms with Crippen LogP contribution in [0, 0.1) is 0 Å². The quantitative estimate of drug-likeness (QED) is 0.932. The number of anilines is 1. The van der Waals surface area contributed by atoms with E-state index in [4.69, 9.17) is 11.6 Å². The number of alkyl halides is 3. The maximum absolute atomic E-state index is 12.3. The Hall–Kier alpha value is -2.03. The highest BCUT2D eigenvalue weighted by atomic mass is 35.5. The van der Waals surface area contributed by atoms with E-state index in [1.165, 1.54) is 0 Å². The van der Waals surface area contributed by atoms with E-state index >= 15 is 0 Å². The molecule has 6 nitrogen and oxygen atoms in total. The molecule has 0 radical (unpaired) electrons. The molecular weight excluding hydrogens is 311 g/mol. The fourth-order valence-electron chi connectivity index (χ4n) is 1.63. The highest BCUT2D eigenvalue weighted by molar-refractivity contribution is 6.32. The zero-order chi connectivity index (χ0) is 15.6. The molecule has 21 heavy (non-hydrogen) atoms. The van der Waals surface area contributed by atoms with Gasteiger partial charge in [0.15, 0.2) is 0 Å². The van der Waals surface area contributed by atoms with Crippen LogP contribution in [0.4, 0.5) is 18.9 Å². The first-order valence-corrected chi connectivity index (χ1v) is 6.19. The summed E-state index contributed by atoms with van der Waals surface area (Å²) < 4.78 is 38.7. The van der Waals surface area contributed by atoms with Crippen LogP contribution in [0.2, 0.25) is 5.02 Å². The van der Waals surface area contributed by atoms with Gasteiger partial charge < -0.3 is 5.32 Å². The second-order valence-electron chi connectivity index (χ2n) is 4.25. The van der Waals surface area contributed by atoms with Gasteiger partial charge in [-0.05, 0) is 6.07 Å². The summed E-state index contributed by atoms with van der Waals surface area (Å²) in [5.41, 5.74) is -0.0178. The smallest absolute Gasteiger partial charge is 0.377 e. The minimum Gasteiger partial charge on any atom is -0.377 e. The number of rotatable bonds is 4. The summed E-state index contributed by atoms with van der Waals surface area (Å²) in [4.78, 5) is 11.7. The third-order valence-electron chi connectivity index (χ3n) is 2.70. The molecule has 0 aliphatic heterocycles. The zero-order valence-electron chi connectivity index (χ0n) is 10.9. The third kappa shape index (κ3) is 3.75. The first kappa shape index (κ1) is 15.4. The van der Waals surface area contributed by atoms with Crippen LogP contribution >= 0.6 is 11.6 Å². The molecule has 114 valence electrons. The first-order chi connectivity index (χ1) is 9.78.